The summed E-state index contributed by atoms with van der Waals surface area (Å²) < 4.78 is 58.9. The lowest BCUT2D eigenvalue weighted by Gasteiger charge is -2.08. The number of rotatable bonds is 3. The van der Waals surface area contributed by atoms with Gasteiger partial charge in [-0.25, -0.2) is 8.42 Å². The Hall–Kier alpha value is -0.480. The highest BCUT2D eigenvalue weighted by molar-refractivity contribution is 7.95. The van der Waals surface area contributed by atoms with Crippen LogP contribution in [0.5, 0.6) is 0 Å². The smallest absolute Gasteiger partial charge is 0.485 e. The summed E-state index contributed by atoms with van der Waals surface area (Å²) in [4.78, 5) is 10.1. The Bertz CT molecular complexity index is 312. The molecule has 0 radical (unpaired) electrons. The normalized spacial score (nSPS) is 11.9. The molecule has 0 aliphatic carbocycles. The van der Waals surface area contributed by atoms with Crippen LogP contribution >= 0.6 is 0 Å². The quantitative estimate of drug-likeness (QED) is 0.440. The molecule has 5 nitrogen and oxygen atoms in total. The molecule has 0 bridgehead atoms. The summed E-state index contributed by atoms with van der Waals surface area (Å²) in [5.74, 6) is 0.751. The Morgan fingerprint density at radius 2 is 1.69 bits per heavy atom. The second kappa shape index (κ2) is 6.97. The van der Waals surface area contributed by atoms with Crippen LogP contribution in [-0.4, -0.2) is 42.7 Å². The molecule has 0 aliphatic heterocycles. The van der Waals surface area contributed by atoms with Crippen molar-refractivity contribution in [3.05, 3.63) is 0 Å². The van der Waals surface area contributed by atoms with Crippen molar-refractivity contribution in [3.8, 4) is 0 Å². The van der Waals surface area contributed by atoms with E-state index in [4.69, 9.17) is 18.7 Å². The molecule has 0 rings (SSSR count). The van der Waals surface area contributed by atoms with E-state index in [1.54, 1.807) is 0 Å². The second-order valence-electron chi connectivity index (χ2n) is 2.81. The average molecular weight is 283 g/mol. The number of alkyl halides is 3. The summed E-state index contributed by atoms with van der Waals surface area (Å²) in [6.45, 7) is 0. The summed E-state index contributed by atoms with van der Waals surface area (Å²) in [7, 11) is -5.73. The first-order valence-electron chi connectivity index (χ1n) is 3.72. The van der Waals surface area contributed by atoms with Gasteiger partial charge in [0.15, 0.2) is 10.1 Å². The lowest BCUT2D eigenvalue weighted by molar-refractivity contribution is -0.117. The van der Waals surface area contributed by atoms with Crippen molar-refractivity contribution in [3.63, 3.8) is 0 Å². The van der Waals surface area contributed by atoms with Gasteiger partial charge in [-0.2, -0.15) is 13.2 Å². The minimum Gasteiger partial charge on any atom is -0.741 e. The van der Waals surface area contributed by atoms with Gasteiger partial charge < -0.3 is 10.3 Å². The molecule has 0 aliphatic rings. The van der Waals surface area contributed by atoms with Crippen molar-refractivity contribution < 1.29 is 30.9 Å². The summed E-state index contributed by atoms with van der Waals surface area (Å²) in [6.07, 6.45) is 4.74. The Morgan fingerprint density at radius 3 is 1.75 bits per heavy atom. The lowest BCUT2D eigenvalue weighted by Crippen LogP contribution is -2.21. The highest BCUT2D eigenvalue weighted by Gasteiger charge is 2.36. The van der Waals surface area contributed by atoms with E-state index in [0.717, 1.165) is 5.75 Å². The molecule has 0 aromatic heterocycles. The third-order valence-electron chi connectivity index (χ3n) is 1.04. The van der Waals surface area contributed by atoms with Crippen molar-refractivity contribution in [1.82, 2.24) is 0 Å². The van der Waals surface area contributed by atoms with Gasteiger partial charge in [-0.15, -0.1) is 0 Å². The molecule has 2 N–H and O–H groups in total. The first-order chi connectivity index (χ1) is 6.88. The van der Waals surface area contributed by atoms with Gasteiger partial charge in [0.05, 0.1) is 18.9 Å². The fourth-order valence-corrected chi connectivity index (χ4v) is 0.914. The standard InChI is InChI=1S/C5H11NOS.CHF3O3S/c1-8(2)4-3-5(6)7;2-1(3,4)8(5,6)7/h3-4H2,1-2H3,(H-,6,7);(H,5,6,7). The Balaban J connectivity index is 0. The molecule has 0 aromatic carbocycles. The minimum absolute atomic E-state index is 0.189. The predicted octanol–water partition coefficient (Wildman–Crippen LogP) is -0.209. The maximum atomic E-state index is 10.7. The van der Waals surface area contributed by atoms with E-state index in [1.807, 2.05) is 0 Å². The van der Waals surface area contributed by atoms with Crippen LogP contribution in [0.25, 0.3) is 0 Å². The molecule has 0 atom stereocenters. The van der Waals surface area contributed by atoms with E-state index in [-0.39, 0.29) is 5.91 Å². The van der Waals surface area contributed by atoms with Crippen LogP contribution in [0.4, 0.5) is 13.2 Å². The third-order valence-corrected chi connectivity index (χ3v) is 2.63. The number of hydrogen-bond donors (Lipinski definition) is 1. The first kappa shape index (κ1) is 17.9. The molecular weight excluding hydrogens is 271 g/mol. The van der Waals surface area contributed by atoms with Gasteiger partial charge in [0.25, 0.3) is 0 Å². The summed E-state index contributed by atoms with van der Waals surface area (Å²) >= 11 is 0. The molecule has 0 unspecified atom stereocenters. The van der Waals surface area contributed by atoms with Crippen molar-refractivity contribution in [2.75, 3.05) is 18.3 Å². The topological polar surface area (TPSA) is 100 Å². The van der Waals surface area contributed by atoms with Gasteiger partial charge in [-0.05, 0) is 10.9 Å². The minimum atomic E-state index is -6.09. The fraction of sp³-hybridized carbons (Fsp3) is 0.833. The zero-order valence-electron chi connectivity index (χ0n) is 8.57. The molecule has 0 aromatic rings. The van der Waals surface area contributed by atoms with Crippen LogP contribution in [0.2, 0.25) is 0 Å². The Morgan fingerprint density at radius 1 is 1.38 bits per heavy atom. The van der Waals surface area contributed by atoms with E-state index in [2.05, 4.69) is 12.5 Å². The summed E-state index contributed by atoms with van der Waals surface area (Å²) in [5.41, 5.74) is -0.740. The number of amides is 1. The largest absolute Gasteiger partial charge is 0.741 e. The number of nitrogens with two attached hydrogens (primary N) is 1. The van der Waals surface area contributed by atoms with Crippen LogP contribution in [-0.2, 0) is 25.8 Å². The van der Waals surface area contributed by atoms with Gasteiger partial charge in [0.2, 0.25) is 5.91 Å². The van der Waals surface area contributed by atoms with Crippen molar-refractivity contribution in [2.45, 2.75) is 11.9 Å². The van der Waals surface area contributed by atoms with Gasteiger partial charge in [0, 0.05) is 0 Å². The first-order valence-corrected chi connectivity index (χ1v) is 7.34. The van der Waals surface area contributed by atoms with Gasteiger partial charge in [0.1, 0.15) is 5.75 Å². The molecule has 0 saturated carbocycles. The molecular formula is C6H12F3NO4S2. The number of hydrogen-bond acceptors (Lipinski definition) is 4. The molecule has 0 saturated heterocycles. The molecule has 10 heteroatoms. The van der Waals surface area contributed by atoms with Crippen molar-refractivity contribution in [2.24, 2.45) is 5.73 Å². The lowest BCUT2D eigenvalue weighted by atomic mass is 10.5. The van der Waals surface area contributed by atoms with E-state index >= 15 is 0 Å². The van der Waals surface area contributed by atoms with Crippen molar-refractivity contribution >= 4 is 26.9 Å². The van der Waals surface area contributed by atoms with Crippen LogP contribution in [0.1, 0.15) is 6.42 Å². The Kier molecular flexibility index (Phi) is 7.79. The molecule has 1 amide bonds. The molecule has 16 heavy (non-hydrogen) atoms. The number of primary amides is 1. The SMILES string of the molecule is C[S+](C)CCC(N)=O.O=S(=O)([O-])C(F)(F)F. The maximum absolute atomic E-state index is 10.7. The fourth-order valence-electron chi connectivity index (χ4n) is 0.305. The highest BCUT2D eigenvalue weighted by atomic mass is 32.2. The van der Waals surface area contributed by atoms with Crippen LogP contribution in [0, 0.1) is 0 Å². The number of carbonyl (C=O) groups is 1. The second-order valence-corrected chi connectivity index (χ2v) is 6.56. The molecule has 0 fully saturated rings. The van der Waals surface area contributed by atoms with Crippen LogP contribution in [0.3, 0.4) is 0 Å². The molecule has 0 heterocycles. The van der Waals surface area contributed by atoms with Crippen molar-refractivity contribution in [1.29, 1.82) is 0 Å². The number of halogens is 3. The predicted molar refractivity (Wildman–Crippen MR) is 53.6 cm³/mol. The average Bonchev–Trinajstić information content (AvgIpc) is 1.98. The summed E-state index contributed by atoms with van der Waals surface area (Å²) in [5, 5.41) is 0. The van der Waals surface area contributed by atoms with E-state index in [9.17, 15) is 18.0 Å². The monoisotopic (exact) mass is 283 g/mol. The maximum Gasteiger partial charge on any atom is 0.485 e. The van der Waals surface area contributed by atoms with E-state index in [1.165, 1.54) is 0 Å². The van der Waals surface area contributed by atoms with Gasteiger partial charge >= 0.3 is 5.51 Å². The van der Waals surface area contributed by atoms with Gasteiger partial charge in [-0.3, -0.25) is 4.79 Å². The zero-order valence-corrected chi connectivity index (χ0v) is 10.2. The van der Waals surface area contributed by atoms with E-state index in [0.29, 0.717) is 17.3 Å². The van der Waals surface area contributed by atoms with E-state index < -0.39 is 15.6 Å². The highest BCUT2D eigenvalue weighted by Crippen LogP contribution is 2.20. The number of carbonyl (C=O) groups excluding carboxylic acids is 1. The third kappa shape index (κ3) is 11.6. The molecule has 0 spiro atoms. The van der Waals surface area contributed by atoms with Crippen LogP contribution in [0.15, 0.2) is 0 Å². The van der Waals surface area contributed by atoms with Gasteiger partial charge in [-0.1, -0.05) is 0 Å². The molecule has 98 valence electrons. The summed E-state index contributed by atoms with van der Waals surface area (Å²) in [6, 6.07) is 0. The van der Waals surface area contributed by atoms with Crippen LogP contribution < -0.4 is 5.73 Å². The Labute approximate surface area is 94.3 Å². The zero-order chi connectivity index (χ0) is 13.6.